The number of nitrogens with zero attached hydrogens (tertiary/aromatic N) is 3. The second kappa shape index (κ2) is 8.07. The summed E-state index contributed by atoms with van der Waals surface area (Å²) in [5.41, 5.74) is 2.29. The fraction of sp³-hybridized carbons (Fsp3) is 0.471. The van der Waals surface area contributed by atoms with Gasteiger partial charge in [-0.1, -0.05) is 11.9 Å². The molecule has 1 aromatic rings. The van der Waals surface area contributed by atoms with Crippen LogP contribution in [-0.4, -0.2) is 52.9 Å². The number of amidine groups is 1. The van der Waals surface area contributed by atoms with E-state index in [0.717, 1.165) is 41.3 Å². The highest BCUT2D eigenvalue weighted by atomic mass is 32.2. The van der Waals surface area contributed by atoms with Crippen LogP contribution in [0, 0.1) is 5.41 Å². The van der Waals surface area contributed by atoms with Gasteiger partial charge in [-0.2, -0.15) is 8.78 Å². The third-order valence-electron chi connectivity index (χ3n) is 4.58. The number of hydrogen-bond acceptors (Lipinski definition) is 8. The van der Waals surface area contributed by atoms with Gasteiger partial charge in [-0.05, 0) is 12.8 Å². The first-order valence-electron chi connectivity index (χ1n) is 8.76. The lowest BCUT2D eigenvalue weighted by Crippen LogP contribution is -2.35. The van der Waals surface area contributed by atoms with Gasteiger partial charge in [-0.25, -0.2) is 4.98 Å². The van der Waals surface area contributed by atoms with E-state index in [0.29, 0.717) is 17.4 Å². The Balaban J connectivity index is 1.61. The highest BCUT2D eigenvalue weighted by molar-refractivity contribution is 7.98. The van der Waals surface area contributed by atoms with Crippen molar-refractivity contribution >= 4 is 35.3 Å². The maximum absolute atomic E-state index is 12.6. The molecule has 0 aromatic carbocycles. The number of thiazole rings is 1. The van der Waals surface area contributed by atoms with E-state index in [1.54, 1.807) is 18.1 Å². The Labute approximate surface area is 164 Å². The van der Waals surface area contributed by atoms with E-state index in [2.05, 4.69) is 19.6 Å². The highest BCUT2D eigenvalue weighted by Gasteiger charge is 2.36. The van der Waals surface area contributed by atoms with Crippen molar-refractivity contribution in [2.45, 2.75) is 37.1 Å². The van der Waals surface area contributed by atoms with Crippen molar-refractivity contribution in [2.75, 3.05) is 13.1 Å². The molecule has 1 aliphatic carbocycles. The lowest BCUT2D eigenvalue weighted by Gasteiger charge is -2.28. The Bertz CT molecular complexity index is 785. The molecule has 0 spiro atoms. The molecule has 2 aliphatic heterocycles. The maximum Gasteiger partial charge on any atom is 0.312 e. The van der Waals surface area contributed by atoms with Crippen LogP contribution in [0.5, 0.6) is 0 Å². The van der Waals surface area contributed by atoms with Gasteiger partial charge in [0.1, 0.15) is 0 Å². The minimum absolute atomic E-state index is 0.249. The molecule has 1 saturated heterocycles. The van der Waals surface area contributed by atoms with Gasteiger partial charge in [0, 0.05) is 65.1 Å². The van der Waals surface area contributed by atoms with Gasteiger partial charge in [0.05, 0.1) is 6.54 Å². The summed E-state index contributed by atoms with van der Waals surface area (Å²) >= 11 is 3.32. The summed E-state index contributed by atoms with van der Waals surface area (Å²) in [7, 11) is 0. The maximum atomic E-state index is 12.6. The first-order chi connectivity index (χ1) is 13.2. The summed E-state index contributed by atoms with van der Waals surface area (Å²) in [5, 5.41) is 13.1. The van der Waals surface area contributed by atoms with Crippen molar-refractivity contribution < 1.29 is 8.78 Å². The summed E-state index contributed by atoms with van der Waals surface area (Å²) in [6.45, 7) is -1.55. The van der Waals surface area contributed by atoms with Crippen molar-refractivity contribution in [1.29, 1.82) is 5.41 Å². The molecule has 1 aromatic heterocycles. The molecule has 0 radical (unpaired) electrons. The molecule has 0 bridgehead atoms. The van der Waals surface area contributed by atoms with Gasteiger partial charge < -0.3 is 15.6 Å². The topological polar surface area (TPSA) is 76.4 Å². The number of aliphatic imine (C=N–C) groups is 1. The van der Waals surface area contributed by atoms with Crippen LogP contribution in [0.3, 0.4) is 0 Å². The summed E-state index contributed by atoms with van der Waals surface area (Å²) < 4.78 is 28.7. The van der Waals surface area contributed by atoms with E-state index in [9.17, 15) is 8.78 Å². The van der Waals surface area contributed by atoms with Crippen LogP contribution in [-0.2, 0) is 0 Å². The van der Waals surface area contributed by atoms with Gasteiger partial charge in [-0.15, -0.1) is 11.3 Å². The fourth-order valence-corrected chi connectivity index (χ4v) is 4.74. The molecule has 3 N–H and O–H groups in total. The van der Waals surface area contributed by atoms with Crippen molar-refractivity contribution in [2.24, 2.45) is 4.99 Å². The van der Waals surface area contributed by atoms with Gasteiger partial charge in [0.25, 0.3) is 0 Å². The van der Waals surface area contributed by atoms with Gasteiger partial charge >= 0.3 is 6.55 Å². The van der Waals surface area contributed by atoms with Crippen LogP contribution in [0.15, 0.2) is 39.6 Å². The Kier molecular flexibility index (Phi) is 5.55. The quantitative estimate of drug-likeness (QED) is 0.349. The predicted octanol–water partition coefficient (Wildman–Crippen LogP) is 2.98. The van der Waals surface area contributed by atoms with Crippen LogP contribution in [0.25, 0.3) is 0 Å². The van der Waals surface area contributed by atoms with Crippen LogP contribution in [0.4, 0.5) is 8.78 Å². The van der Waals surface area contributed by atoms with Crippen molar-refractivity contribution in [1.82, 2.24) is 19.9 Å². The lowest BCUT2D eigenvalue weighted by atomic mass is 10.0. The molecule has 1 unspecified atom stereocenters. The SMILES string of the molecule is N=C/C(=C\NC(F)F)C1=C2CC(NSC3CC3)CN2C(c2nccs2)=NC1. The van der Waals surface area contributed by atoms with Crippen molar-refractivity contribution in [3.05, 3.63) is 39.6 Å². The first kappa shape index (κ1) is 18.6. The van der Waals surface area contributed by atoms with Crippen LogP contribution in [0.1, 0.15) is 24.3 Å². The molecule has 1 atom stereocenters. The van der Waals surface area contributed by atoms with Gasteiger partial charge in [-0.3, -0.25) is 9.71 Å². The molecule has 0 amide bonds. The van der Waals surface area contributed by atoms with Crippen LogP contribution < -0.4 is 10.0 Å². The third kappa shape index (κ3) is 4.22. The van der Waals surface area contributed by atoms with Crippen molar-refractivity contribution in [3.8, 4) is 0 Å². The molecule has 3 heterocycles. The summed E-state index contributed by atoms with van der Waals surface area (Å²) in [6, 6.07) is 0.249. The van der Waals surface area contributed by atoms with E-state index in [1.165, 1.54) is 30.4 Å². The Morgan fingerprint density at radius 2 is 2.30 bits per heavy atom. The van der Waals surface area contributed by atoms with Crippen molar-refractivity contribution in [3.63, 3.8) is 0 Å². The molecular formula is C17H20F2N6S2. The molecule has 10 heteroatoms. The smallest absolute Gasteiger partial charge is 0.312 e. The number of halogens is 2. The van der Waals surface area contributed by atoms with E-state index in [1.807, 2.05) is 10.7 Å². The number of aromatic nitrogens is 1. The number of alkyl halides is 2. The van der Waals surface area contributed by atoms with E-state index >= 15 is 0 Å². The Hall–Kier alpha value is -1.78. The Morgan fingerprint density at radius 1 is 1.44 bits per heavy atom. The van der Waals surface area contributed by atoms with Gasteiger partial charge in [0.2, 0.25) is 0 Å². The standard InChI is InChI=1S/C17H20F2N6S2/c18-17(19)23-7-10(6-20)13-8-22-15(16-21-3-4-26-16)25-9-11(5-14(13)25)24-27-12-1-2-12/h3-4,6-7,11-12,17,20,23-24H,1-2,5,8-9H2/b10-7+,20-6?. The second-order valence-electron chi connectivity index (χ2n) is 6.56. The second-order valence-corrected chi connectivity index (χ2v) is 8.59. The summed E-state index contributed by atoms with van der Waals surface area (Å²) in [6.07, 6.45) is 7.37. The molecule has 1 saturated carbocycles. The minimum Gasteiger partial charge on any atom is -0.336 e. The molecule has 3 aliphatic rings. The molecule has 144 valence electrons. The van der Waals surface area contributed by atoms with Crippen LogP contribution in [0.2, 0.25) is 0 Å². The molecule has 4 rings (SSSR count). The average molecular weight is 411 g/mol. The monoisotopic (exact) mass is 410 g/mol. The third-order valence-corrected chi connectivity index (χ3v) is 6.62. The van der Waals surface area contributed by atoms with Crippen LogP contribution >= 0.6 is 23.3 Å². The minimum atomic E-state index is -2.66. The normalized spacial score (nSPS) is 22.9. The summed E-state index contributed by atoms with van der Waals surface area (Å²) in [5.74, 6) is 0.829. The predicted molar refractivity (Wildman–Crippen MR) is 105 cm³/mol. The lowest BCUT2D eigenvalue weighted by molar-refractivity contribution is 0.125. The average Bonchev–Trinajstić information content (AvgIpc) is 3.15. The zero-order chi connectivity index (χ0) is 18.8. The molecular weight excluding hydrogens is 390 g/mol. The van der Waals surface area contributed by atoms with E-state index in [4.69, 9.17) is 5.41 Å². The Morgan fingerprint density at radius 3 is 2.96 bits per heavy atom. The number of hydrogen-bond donors (Lipinski definition) is 3. The fourth-order valence-electron chi connectivity index (χ4n) is 3.17. The zero-order valence-corrected chi connectivity index (χ0v) is 16.1. The van der Waals surface area contributed by atoms with E-state index in [-0.39, 0.29) is 6.04 Å². The van der Waals surface area contributed by atoms with Gasteiger partial charge in [0.15, 0.2) is 10.8 Å². The number of nitrogens with one attached hydrogen (secondary N) is 3. The number of rotatable bonds is 8. The largest absolute Gasteiger partial charge is 0.336 e. The molecule has 27 heavy (non-hydrogen) atoms. The number of fused-ring (bicyclic) bond motifs is 1. The summed E-state index contributed by atoms with van der Waals surface area (Å²) in [4.78, 5) is 11.2. The van der Waals surface area contributed by atoms with E-state index < -0.39 is 6.55 Å². The highest BCUT2D eigenvalue weighted by Crippen LogP contribution is 2.36. The zero-order valence-electron chi connectivity index (χ0n) is 14.5. The molecule has 6 nitrogen and oxygen atoms in total. The first-order valence-corrected chi connectivity index (χ1v) is 10.5. The molecule has 2 fully saturated rings.